The zero-order valence-corrected chi connectivity index (χ0v) is 13.9. The number of benzene rings is 1. The van der Waals surface area contributed by atoms with Crippen LogP contribution in [0.3, 0.4) is 0 Å². The Bertz CT molecular complexity index is 756. The molecule has 7 nitrogen and oxygen atoms in total. The molecule has 1 saturated heterocycles. The van der Waals surface area contributed by atoms with Crippen molar-refractivity contribution in [2.45, 2.75) is 39.3 Å². The summed E-state index contributed by atoms with van der Waals surface area (Å²) in [5, 5.41) is 6.64. The molecule has 1 aliphatic heterocycles. The second-order valence-electron chi connectivity index (χ2n) is 6.51. The number of hydrogen-bond acceptors (Lipinski definition) is 5. The van der Waals surface area contributed by atoms with Crippen molar-refractivity contribution in [3.63, 3.8) is 0 Å². The van der Waals surface area contributed by atoms with E-state index in [0.29, 0.717) is 18.2 Å². The van der Waals surface area contributed by atoms with E-state index < -0.39 is 11.6 Å². The summed E-state index contributed by atoms with van der Waals surface area (Å²) in [6.07, 6.45) is 0.686. The number of hydrogen-bond donors (Lipinski definition) is 1. The molecule has 126 valence electrons. The summed E-state index contributed by atoms with van der Waals surface area (Å²) in [4.78, 5) is 30.4. The van der Waals surface area contributed by atoms with Crippen LogP contribution in [0, 0.1) is 5.92 Å². The van der Waals surface area contributed by atoms with Crippen molar-refractivity contribution in [2.75, 3.05) is 0 Å². The minimum atomic E-state index is -1.08. The molecule has 0 radical (unpaired) electrons. The molecule has 1 fully saturated rings. The van der Waals surface area contributed by atoms with Crippen LogP contribution in [0.15, 0.2) is 34.9 Å². The van der Waals surface area contributed by atoms with Gasteiger partial charge in [-0.1, -0.05) is 49.3 Å². The molecule has 3 rings (SSSR count). The largest absolute Gasteiger partial charge is 0.337 e. The average molecular weight is 328 g/mol. The van der Waals surface area contributed by atoms with E-state index >= 15 is 0 Å². The van der Waals surface area contributed by atoms with Crippen molar-refractivity contribution >= 4 is 11.9 Å². The highest BCUT2D eigenvalue weighted by Gasteiger charge is 2.49. The van der Waals surface area contributed by atoms with Crippen molar-refractivity contribution in [2.24, 2.45) is 5.92 Å². The predicted octanol–water partition coefficient (Wildman–Crippen LogP) is 2.24. The van der Waals surface area contributed by atoms with Crippen LogP contribution in [0.1, 0.15) is 38.0 Å². The van der Waals surface area contributed by atoms with Gasteiger partial charge in [0.1, 0.15) is 12.1 Å². The Hall–Kier alpha value is -2.70. The number of amides is 3. The minimum Gasteiger partial charge on any atom is -0.337 e. The van der Waals surface area contributed by atoms with Gasteiger partial charge in [-0.15, -0.1) is 0 Å². The summed E-state index contributed by atoms with van der Waals surface area (Å²) < 4.78 is 5.16. The highest BCUT2D eigenvalue weighted by Crippen LogP contribution is 2.29. The van der Waals surface area contributed by atoms with Gasteiger partial charge in [0.05, 0.1) is 0 Å². The summed E-state index contributed by atoms with van der Waals surface area (Å²) in [6, 6.07) is 8.69. The molecule has 2 aromatic rings. The smallest absolute Gasteiger partial charge is 0.325 e. The van der Waals surface area contributed by atoms with Crippen LogP contribution in [0.5, 0.6) is 0 Å². The van der Waals surface area contributed by atoms with E-state index in [0.717, 1.165) is 10.5 Å². The fourth-order valence-corrected chi connectivity index (χ4v) is 2.75. The first kappa shape index (κ1) is 16.2. The molecule has 1 unspecified atom stereocenters. The van der Waals surface area contributed by atoms with Crippen LogP contribution in [-0.2, 0) is 23.3 Å². The molecule has 1 aliphatic rings. The lowest BCUT2D eigenvalue weighted by atomic mass is 9.92. The normalized spacial score (nSPS) is 20.8. The van der Waals surface area contributed by atoms with E-state index in [4.69, 9.17) is 4.52 Å². The molecule has 0 bridgehead atoms. The van der Waals surface area contributed by atoms with Crippen LogP contribution >= 0.6 is 0 Å². The number of urea groups is 1. The van der Waals surface area contributed by atoms with Gasteiger partial charge >= 0.3 is 6.03 Å². The van der Waals surface area contributed by atoms with Crippen molar-refractivity contribution in [1.29, 1.82) is 0 Å². The molecule has 3 amide bonds. The number of carbonyl (C=O) groups excluding carboxylic acids is 2. The quantitative estimate of drug-likeness (QED) is 0.850. The second-order valence-corrected chi connectivity index (χ2v) is 6.51. The fraction of sp³-hybridized carbons (Fsp3) is 0.412. The maximum Gasteiger partial charge on any atom is 0.325 e. The van der Waals surface area contributed by atoms with Gasteiger partial charge < -0.3 is 9.84 Å². The van der Waals surface area contributed by atoms with Gasteiger partial charge in [-0.05, 0) is 18.4 Å². The highest BCUT2D eigenvalue weighted by atomic mass is 16.5. The van der Waals surface area contributed by atoms with E-state index in [9.17, 15) is 9.59 Å². The lowest BCUT2D eigenvalue weighted by Gasteiger charge is -2.21. The SMILES string of the molecule is CC(C)Cc1noc(CN2C(=O)NC(C)(c3ccccc3)C2=O)n1. The molecule has 1 N–H and O–H groups in total. The number of nitrogens with zero attached hydrogens (tertiary/aromatic N) is 3. The molecular formula is C17H20N4O3. The van der Waals surface area contributed by atoms with Crippen molar-refractivity contribution < 1.29 is 14.1 Å². The predicted molar refractivity (Wildman–Crippen MR) is 85.7 cm³/mol. The molecule has 1 aromatic heterocycles. The molecule has 24 heavy (non-hydrogen) atoms. The number of nitrogens with one attached hydrogen (secondary N) is 1. The fourth-order valence-electron chi connectivity index (χ4n) is 2.75. The molecule has 0 spiro atoms. The third-order valence-corrected chi connectivity index (χ3v) is 4.02. The standard InChI is InChI=1S/C17H20N4O3/c1-11(2)9-13-18-14(24-20-13)10-21-15(22)17(3,19-16(21)23)12-7-5-4-6-8-12/h4-8,11H,9-10H2,1-3H3,(H,19,23). The minimum absolute atomic E-state index is 0.0296. The molecule has 1 aromatic carbocycles. The van der Waals surface area contributed by atoms with Crippen LogP contribution in [0.4, 0.5) is 4.79 Å². The number of imide groups is 1. The first-order valence-electron chi connectivity index (χ1n) is 7.91. The lowest BCUT2D eigenvalue weighted by Crippen LogP contribution is -2.40. The zero-order chi connectivity index (χ0) is 17.3. The van der Waals surface area contributed by atoms with E-state index in [1.807, 2.05) is 30.3 Å². The maximum absolute atomic E-state index is 12.8. The van der Waals surface area contributed by atoms with Gasteiger partial charge in [0.15, 0.2) is 5.82 Å². The van der Waals surface area contributed by atoms with Crippen LogP contribution in [0.25, 0.3) is 0 Å². The maximum atomic E-state index is 12.8. The monoisotopic (exact) mass is 328 g/mol. The molecule has 0 saturated carbocycles. The van der Waals surface area contributed by atoms with Crippen LogP contribution in [0.2, 0.25) is 0 Å². The van der Waals surface area contributed by atoms with Crippen molar-refractivity contribution in [1.82, 2.24) is 20.4 Å². The van der Waals surface area contributed by atoms with Crippen molar-refractivity contribution in [3.05, 3.63) is 47.6 Å². The molecule has 2 heterocycles. The number of carbonyl (C=O) groups is 2. The number of aromatic nitrogens is 2. The van der Waals surface area contributed by atoms with Gasteiger partial charge in [-0.2, -0.15) is 4.98 Å². The van der Waals surface area contributed by atoms with Crippen LogP contribution < -0.4 is 5.32 Å². The van der Waals surface area contributed by atoms with Gasteiger partial charge in [0.2, 0.25) is 5.89 Å². The summed E-state index contributed by atoms with van der Waals surface area (Å²) in [5.74, 6) is 0.903. The Kier molecular flexibility index (Phi) is 4.09. The number of rotatable bonds is 5. The topological polar surface area (TPSA) is 88.3 Å². The van der Waals surface area contributed by atoms with E-state index in [1.54, 1.807) is 6.92 Å². The Balaban J connectivity index is 1.79. The summed E-state index contributed by atoms with van der Waals surface area (Å²) in [6.45, 7) is 5.77. The molecule has 1 atom stereocenters. The summed E-state index contributed by atoms with van der Waals surface area (Å²) in [7, 11) is 0. The van der Waals surface area contributed by atoms with Crippen LogP contribution in [-0.4, -0.2) is 27.0 Å². The summed E-state index contributed by atoms with van der Waals surface area (Å²) >= 11 is 0. The molecular weight excluding hydrogens is 308 g/mol. The van der Waals surface area contributed by atoms with E-state index in [-0.39, 0.29) is 18.3 Å². The molecule has 0 aliphatic carbocycles. The van der Waals surface area contributed by atoms with Crippen molar-refractivity contribution in [3.8, 4) is 0 Å². The Morgan fingerprint density at radius 2 is 1.96 bits per heavy atom. The average Bonchev–Trinajstić information content (AvgIpc) is 3.06. The second kappa shape index (κ2) is 6.07. The molecule has 7 heteroatoms. The van der Waals surface area contributed by atoms with Gasteiger partial charge in [0.25, 0.3) is 5.91 Å². The van der Waals surface area contributed by atoms with Gasteiger partial charge in [-0.25, -0.2) is 4.79 Å². The van der Waals surface area contributed by atoms with E-state index in [2.05, 4.69) is 29.3 Å². The zero-order valence-electron chi connectivity index (χ0n) is 13.9. The first-order valence-corrected chi connectivity index (χ1v) is 7.91. The highest BCUT2D eigenvalue weighted by molar-refractivity contribution is 6.07. The Morgan fingerprint density at radius 3 is 2.62 bits per heavy atom. The summed E-state index contributed by atoms with van der Waals surface area (Å²) in [5.41, 5.74) is -0.351. The third-order valence-electron chi connectivity index (χ3n) is 4.02. The van der Waals surface area contributed by atoms with Gasteiger partial charge in [0, 0.05) is 6.42 Å². The Morgan fingerprint density at radius 1 is 1.25 bits per heavy atom. The first-order chi connectivity index (χ1) is 11.4. The van der Waals surface area contributed by atoms with Gasteiger partial charge in [-0.3, -0.25) is 9.69 Å². The third kappa shape index (κ3) is 2.89. The Labute approximate surface area is 140 Å². The van der Waals surface area contributed by atoms with E-state index in [1.165, 1.54) is 0 Å². The lowest BCUT2D eigenvalue weighted by molar-refractivity contribution is -0.131.